The Labute approximate surface area is 131 Å². The molecular weight excluding hydrogens is 276 g/mol. The molecule has 0 saturated carbocycles. The van der Waals surface area contributed by atoms with Crippen LogP contribution in [0.1, 0.15) is 24.0 Å². The normalized spacial score (nSPS) is 10.3. The number of amides is 1. The first-order valence-corrected chi connectivity index (χ1v) is 7.40. The highest BCUT2D eigenvalue weighted by molar-refractivity contribution is 5.93. The minimum Gasteiger partial charge on any atom is -0.493 e. The largest absolute Gasteiger partial charge is 0.493 e. The fourth-order valence-corrected chi connectivity index (χ4v) is 2.10. The molecule has 22 heavy (non-hydrogen) atoms. The standard InChI is InChI=1S/C18H22N2O2/c1-13-9-10-14(2)17(12-13)22-11-5-8-18(21)20-16-7-4-3-6-15(16)19/h3-4,6-7,9-10,12H,5,8,11,19H2,1-2H3,(H,20,21). The first-order valence-electron chi connectivity index (χ1n) is 7.40. The SMILES string of the molecule is Cc1ccc(C)c(OCCCC(=O)Nc2ccccc2N)c1. The lowest BCUT2D eigenvalue weighted by molar-refractivity contribution is -0.116. The number of hydrogen-bond donors (Lipinski definition) is 2. The molecule has 4 nitrogen and oxygen atoms in total. The molecule has 0 spiro atoms. The van der Waals surface area contributed by atoms with Crippen molar-refractivity contribution in [1.82, 2.24) is 0 Å². The van der Waals surface area contributed by atoms with E-state index in [2.05, 4.69) is 11.4 Å². The van der Waals surface area contributed by atoms with Gasteiger partial charge in [0.25, 0.3) is 0 Å². The van der Waals surface area contributed by atoms with E-state index in [1.807, 2.05) is 38.1 Å². The molecule has 2 aromatic rings. The van der Waals surface area contributed by atoms with Crippen molar-refractivity contribution in [2.24, 2.45) is 0 Å². The Kier molecular flexibility index (Phi) is 5.42. The summed E-state index contributed by atoms with van der Waals surface area (Å²) in [6.45, 7) is 4.56. The summed E-state index contributed by atoms with van der Waals surface area (Å²) in [6.07, 6.45) is 1.06. The number of nitrogens with two attached hydrogens (primary N) is 1. The fourth-order valence-electron chi connectivity index (χ4n) is 2.10. The van der Waals surface area contributed by atoms with E-state index in [1.165, 1.54) is 0 Å². The maximum absolute atomic E-state index is 11.9. The Balaban J connectivity index is 1.76. The van der Waals surface area contributed by atoms with E-state index in [1.54, 1.807) is 12.1 Å². The molecule has 0 bridgehead atoms. The average molecular weight is 298 g/mol. The van der Waals surface area contributed by atoms with Gasteiger partial charge in [0.1, 0.15) is 5.75 Å². The number of carbonyl (C=O) groups is 1. The Morgan fingerprint density at radius 2 is 1.95 bits per heavy atom. The molecule has 2 rings (SSSR count). The summed E-state index contributed by atoms with van der Waals surface area (Å²) in [7, 11) is 0. The molecule has 116 valence electrons. The smallest absolute Gasteiger partial charge is 0.224 e. The van der Waals surface area contributed by atoms with Gasteiger partial charge in [0.05, 0.1) is 18.0 Å². The van der Waals surface area contributed by atoms with Crippen molar-refractivity contribution < 1.29 is 9.53 Å². The van der Waals surface area contributed by atoms with Crippen LogP contribution in [0.2, 0.25) is 0 Å². The van der Waals surface area contributed by atoms with Crippen molar-refractivity contribution in [3.63, 3.8) is 0 Å². The van der Waals surface area contributed by atoms with Gasteiger partial charge < -0.3 is 15.8 Å². The quantitative estimate of drug-likeness (QED) is 0.631. The highest BCUT2D eigenvalue weighted by Crippen LogP contribution is 2.20. The van der Waals surface area contributed by atoms with Crippen LogP contribution in [0, 0.1) is 13.8 Å². The van der Waals surface area contributed by atoms with Crippen LogP contribution in [-0.4, -0.2) is 12.5 Å². The number of ether oxygens (including phenoxy) is 1. The van der Waals surface area contributed by atoms with Crippen molar-refractivity contribution in [2.45, 2.75) is 26.7 Å². The molecule has 0 aromatic heterocycles. The van der Waals surface area contributed by atoms with Crippen molar-refractivity contribution in [2.75, 3.05) is 17.7 Å². The zero-order valence-electron chi connectivity index (χ0n) is 13.1. The van der Waals surface area contributed by atoms with Crippen molar-refractivity contribution >= 4 is 17.3 Å². The minimum absolute atomic E-state index is 0.0533. The molecule has 2 aromatic carbocycles. The summed E-state index contributed by atoms with van der Waals surface area (Å²) in [4.78, 5) is 11.9. The third kappa shape index (κ3) is 4.52. The van der Waals surface area contributed by atoms with Gasteiger partial charge in [-0.2, -0.15) is 0 Å². The molecule has 0 aliphatic rings. The molecule has 0 unspecified atom stereocenters. The lowest BCUT2D eigenvalue weighted by Gasteiger charge is -2.10. The first-order chi connectivity index (χ1) is 10.6. The molecule has 3 N–H and O–H groups in total. The van der Waals surface area contributed by atoms with Crippen LogP contribution >= 0.6 is 0 Å². The molecule has 0 radical (unpaired) electrons. The van der Waals surface area contributed by atoms with Crippen molar-refractivity contribution in [1.29, 1.82) is 0 Å². The molecule has 0 aliphatic heterocycles. The first kappa shape index (κ1) is 15.9. The number of nitrogens with one attached hydrogen (secondary N) is 1. The number of benzene rings is 2. The van der Waals surface area contributed by atoms with Crippen molar-refractivity contribution in [3.8, 4) is 5.75 Å². The number of carbonyl (C=O) groups excluding carboxylic acids is 1. The average Bonchev–Trinajstić information content (AvgIpc) is 2.49. The monoisotopic (exact) mass is 298 g/mol. The van der Waals surface area contributed by atoms with E-state index in [0.29, 0.717) is 30.8 Å². The van der Waals surface area contributed by atoms with Crippen LogP contribution in [0.3, 0.4) is 0 Å². The second kappa shape index (κ2) is 7.50. The van der Waals surface area contributed by atoms with Crippen LogP contribution in [0.25, 0.3) is 0 Å². The lowest BCUT2D eigenvalue weighted by atomic mass is 10.1. The Bertz CT molecular complexity index is 653. The third-order valence-corrected chi connectivity index (χ3v) is 3.38. The number of anilines is 2. The third-order valence-electron chi connectivity index (χ3n) is 3.38. The lowest BCUT2D eigenvalue weighted by Crippen LogP contribution is -2.14. The molecule has 0 atom stereocenters. The van der Waals surface area contributed by atoms with E-state index in [4.69, 9.17) is 10.5 Å². The van der Waals surface area contributed by atoms with E-state index in [9.17, 15) is 4.79 Å². The number of aryl methyl sites for hydroxylation is 2. The van der Waals surface area contributed by atoms with Gasteiger partial charge in [-0.3, -0.25) is 4.79 Å². The summed E-state index contributed by atoms with van der Waals surface area (Å²) < 4.78 is 5.74. The second-order valence-electron chi connectivity index (χ2n) is 5.36. The Morgan fingerprint density at radius 3 is 2.73 bits per heavy atom. The van der Waals surface area contributed by atoms with Gasteiger partial charge >= 0.3 is 0 Å². The van der Waals surface area contributed by atoms with Crippen molar-refractivity contribution in [3.05, 3.63) is 53.6 Å². The fraction of sp³-hybridized carbons (Fsp3) is 0.278. The Hall–Kier alpha value is -2.49. The van der Waals surface area contributed by atoms with E-state index < -0.39 is 0 Å². The molecule has 0 saturated heterocycles. The van der Waals surface area contributed by atoms with Gasteiger partial charge in [-0.1, -0.05) is 24.3 Å². The van der Waals surface area contributed by atoms with Gasteiger partial charge in [-0.15, -0.1) is 0 Å². The molecule has 1 amide bonds. The summed E-state index contributed by atoms with van der Waals surface area (Å²) in [6, 6.07) is 13.3. The summed E-state index contributed by atoms with van der Waals surface area (Å²) in [5.41, 5.74) is 9.29. The second-order valence-corrected chi connectivity index (χ2v) is 5.36. The zero-order valence-corrected chi connectivity index (χ0v) is 13.1. The number of hydrogen-bond acceptors (Lipinski definition) is 3. The molecular formula is C18H22N2O2. The maximum atomic E-state index is 11.9. The van der Waals surface area contributed by atoms with Crippen LogP contribution in [0.5, 0.6) is 5.75 Å². The van der Waals surface area contributed by atoms with E-state index >= 15 is 0 Å². The van der Waals surface area contributed by atoms with Gasteiger partial charge in [-0.05, 0) is 49.6 Å². The topological polar surface area (TPSA) is 64.3 Å². The summed E-state index contributed by atoms with van der Waals surface area (Å²) in [5, 5.41) is 2.81. The predicted octanol–water partition coefficient (Wildman–Crippen LogP) is 3.68. The minimum atomic E-state index is -0.0533. The number of rotatable bonds is 6. The van der Waals surface area contributed by atoms with Crippen LogP contribution in [0.15, 0.2) is 42.5 Å². The zero-order chi connectivity index (χ0) is 15.9. The maximum Gasteiger partial charge on any atom is 0.224 e. The number of nitrogen functional groups attached to an aromatic ring is 1. The highest BCUT2D eigenvalue weighted by Gasteiger charge is 2.05. The van der Waals surface area contributed by atoms with Crippen LogP contribution in [0.4, 0.5) is 11.4 Å². The van der Waals surface area contributed by atoms with Crippen LogP contribution in [-0.2, 0) is 4.79 Å². The molecule has 0 aliphatic carbocycles. The van der Waals surface area contributed by atoms with Gasteiger partial charge in [0.2, 0.25) is 5.91 Å². The predicted molar refractivity (Wildman–Crippen MR) is 90.1 cm³/mol. The summed E-state index contributed by atoms with van der Waals surface area (Å²) in [5.74, 6) is 0.829. The number of para-hydroxylation sites is 2. The molecule has 4 heteroatoms. The molecule has 0 heterocycles. The van der Waals surface area contributed by atoms with Gasteiger partial charge in [0.15, 0.2) is 0 Å². The van der Waals surface area contributed by atoms with Crippen LogP contribution < -0.4 is 15.8 Å². The Morgan fingerprint density at radius 1 is 1.18 bits per heavy atom. The van der Waals surface area contributed by atoms with E-state index in [0.717, 1.165) is 16.9 Å². The van der Waals surface area contributed by atoms with E-state index in [-0.39, 0.29) is 5.91 Å². The van der Waals surface area contributed by atoms with Gasteiger partial charge in [0, 0.05) is 6.42 Å². The summed E-state index contributed by atoms with van der Waals surface area (Å²) >= 11 is 0. The molecule has 0 fully saturated rings. The van der Waals surface area contributed by atoms with Gasteiger partial charge in [-0.25, -0.2) is 0 Å². The highest BCUT2D eigenvalue weighted by atomic mass is 16.5.